The van der Waals surface area contributed by atoms with E-state index >= 15 is 0 Å². The molecule has 1 heterocycles. The fourth-order valence-electron chi connectivity index (χ4n) is 3.58. The zero-order valence-corrected chi connectivity index (χ0v) is 20.9. The molecule has 8 nitrogen and oxygen atoms in total. The summed E-state index contributed by atoms with van der Waals surface area (Å²) in [5.74, 6) is -1.69. The first kappa shape index (κ1) is 26.3. The predicted octanol–water partition coefficient (Wildman–Crippen LogP) is 3.75. The number of thioether (sulfide) groups is 2. The van der Waals surface area contributed by atoms with Gasteiger partial charge in [0.15, 0.2) is 24.1 Å². The Kier molecular flexibility index (Phi) is 8.95. The summed E-state index contributed by atoms with van der Waals surface area (Å²) in [7, 11) is 0. The Morgan fingerprint density at radius 2 is 1.57 bits per heavy atom. The second kappa shape index (κ2) is 11.9. The first-order chi connectivity index (χ1) is 16.7. The van der Waals surface area contributed by atoms with Crippen molar-refractivity contribution in [3.63, 3.8) is 0 Å². The number of hydrogen-bond acceptors (Lipinski definition) is 10. The normalized spacial score (nSPS) is 21.3. The van der Waals surface area contributed by atoms with Gasteiger partial charge < -0.3 is 14.2 Å². The first-order valence-corrected chi connectivity index (χ1v) is 12.6. The number of nitriles is 1. The molecule has 2 aromatic carbocycles. The second-order valence-electron chi connectivity index (χ2n) is 7.63. The Hall–Kier alpha value is -3.29. The number of ether oxygens (including phenoxy) is 3. The van der Waals surface area contributed by atoms with Gasteiger partial charge in [0.1, 0.15) is 0 Å². The van der Waals surface area contributed by atoms with Crippen LogP contribution >= 0.6 is 23.5 Å². The molecule has 0 aliphatic carbocycles. The van der Waals surface area contributed by atoms with Crippen LogP contribution in [0.1, 0.15) is 42.3 Å². The van der Waals surface area contributed by atoms with E-state index < -0.39 is 40.8 Å². The Balaban J connectivity index is 1.94. The van der Waals surface area contributed by atoms with Crippen LogP contribution in [-0.4, -0.2) is 52.3 Å². The minimum absolute atomic E-state index is 0.260. The number of carbonyl (C=O) groups excluding carboxylic acids is 4. The Morgan fingerprint density at radius 3 is 2.23 bits per heavy atom. The molecule has 1 saturated heterocycles. The monoisotopic (exact) mass is 513 g/mol. The van der Waals surface area contributed by atoms with Gasteiger partial charge in [-0.25, -0.2) is 0 Å². The minimum atomic E-state index is -1.01. The van der Waals surface area contributed by atoms with E-state index in [1.165, 1.54) is 50.4 Å². The van der Waals surface area contributed by atoms with Gasteiger partial charge in [0.2, 0.25) is 0 Å². The maximum atomic E-state index is 13.3. The number of rotatable bonds is 7. The molecule has 0 aromatic heterocycles. The molecule has 0 saturated carbocycles. The van der Waals surface area contributed by atoms with Gasteiger partial charge in [-0.15, -0.1) is 23.5 Å². The van der Waals surface area contributed by atoms with E-state index in [2.05, 4.69) is 0 Å². The van der Waals surface area contributed by atoms with E-state index in [1.807, 2.05) is 6.07 Å². The summed E-state index contributed by atoms with van der Waals surface area (Å²) in [6, 6.07) is 15.4. The summed E-state index contributed by atoms with van der Waals surface area (Å²) in [6.07, 6.45) is -2.74. The van der Waals surface area contributed by atoms with Crippen molar-refractivity contribution in [3.8, 4) is 6.07 Å². The molecule has 35 heavy (non-hydrogen) atoms. The lowest BCUT2D eigenvalue weighted by Crippen LogP contribution is -2.53. The maximum Gasteiger partial charge on any atom is 0.303 e. The topological polar surface area (TPSA) is 120 Å². The summed E-state index contributed by atoms with van der Waals surface area (Å²) in [5.41, 5.74) is 1.16. The highest BCUT2D eigenvalue weighted by Gasteiger charge is 2.47. The summed E-state index contributed by atoms with van der Waals surface area (Å²) in [4.78, 5) is 49.2. The summed E-state index contributed by atoms with van der Waals surface area (Å²) >= 11 is 2.67. The number of benzene rings is 2. The number of esters is 3. The molecule has 0 radical (unpaired) electrons. The number of nitrogens with zero attached hydrogens (tertiary/aromatic N) is 1. The van der Waals surface area contributed by atoms with Gasteiger partial charge in [0, 0.05) is 42.5 Å². The summed E-state index contributed by atoms with van der Waals surface area (Å²) in [6.45, 7) is 3.72. The predicted molar refractivity (Wildman–Crippen MR) is 130 cm³/mol. The number of carbonyl (C=O) groups is 4. The molecular formula is C25H23NO7S2. The van der Waals surface area contributed by atoms with Gasteiger partial charge in [0.05, 0.1) is 16.2 Å². The van der Waals surface area contributed by atoms with Crippen molar-refractivity contribution in [1.82, 2.24) is 0 Å². The van der Waals surface area contributed by atoms with Crippen LogP contribution in [0, 0.1) is 11.3 Å². The molecule has 10 heteroatoms. The largest absolute Gasteiger partial charge is 0.458 e. The molecule has 0 amide bonds. The molecular weight excluding hydrogens is 490 g/mol. The van der Waals surface area contributed by atoms with E-state index in [4.69, 9.17) is 14.2 Å². The highest BCUT2D eigenvalue weighted by molar-refractivity contribution is 8.17. The molecule has 0 N–H and O–H groups in total. The highest BCUT2D eigenvalue weighted by atomic mass is 32.2. The van der Waals surface area contributed by atoms with Crippen molar-refractivity contribution < 1.29 is 33.4 Å². The summed E-state index contributed by atoms with van der Waals surface area (Å²) in [5, 5.41) is 9.17. The fourth-order valence-corrected chi connectivity index (χ4v) is 6.47. The summed E-state index contributed by atoms with van der Waals surface area (Å²) < 4.78 is 15.9. The molecule has 1 fully saturated rings. The lowest BCUT2D eigenvalue weighted by atomic mass is 10.0. The molecule has 3 rings (SSSR count). The SMILES string of the molecule is CC(=O)O[C@@H]1[C@@H](OC(C)=O)[C@H](Sc2ccccc2C(=O)c2cccc(C#N)c2)SC[C@H]1OC(C)=O. The lowest BCUT2D eigenvalue weighted by molar-refractivity contribution is -0.180. The van der Waals surface area contributed by atoms with Crippen LogP contribution in [0.2, 0.25) is 0 Å². The van der Waals surface area contributed by atoms with Crippen LogP contribution in [0.25, 0.3) is 0 Å². The van der Waals surface area contributed by atoms with E-state index in [1.54, 1.807) is 42.5 Å². The second-order valence-corrected chi connectivity index (χ2v) is 10.3. The molecule has 2 aromatic rings. The zero-order chi connectivity index (χ0) is 25.5. The van der Waals surface area contributed by atoms with Crippen LogP contribution < -0.4 is 0 Å². The van der Waals surface area contributed by atoms with Gasteiger partial charge in [-0.3, -0.25) is 19.2 Å². The van der Waals surface area contributed by atoms with Crippen LogP contribution in [0.3, 0.4) is 0 Å². The molecule has 1 aliphatic rings. The van der Waals surface area contributed by atoms with Crippen molar-refractivity contribution in [1.29, 1.82) is 5.26 Å². The smallest absolute Gasteiger partial charge is 0.303 e. The van der Waals surface area contributed by atoms with Gasteiger partial charge >= 0.3 is 17.9 Å². The standard InChI is InChI=1S/C25H23NO7S2/c1-14(27)31-20-13-34-25(24(33-16(3)29)23(20)32-15(2)28)35-21-10-5-4-9-19(21)22(30)18-8-6-7-17(11-18)12-26/h4-11,20,23-25H,13H2,1-3H3/t20-,23+,24-,25+/m1/s1. The minimum Gasteiger partial charge on any atom is -0.458 e. The lowest BCUT2D eigenvalue weighted by Gasteiger charge is -2.40. The Morgan fingerprint density at radius 1 is 0.914 bits per heavy atom. The maximum absolute atomic E-state index is 13.3. The van der Waals surface area contributed by atoms with E-state index in [9.17, 15) is 24.4 Å². The van der Waals surface area contributed by atoms with Crippen molar-refractivity contribution in [3.05, 3.63) is 65.2 Å². The molecule has 0 unspecified atom stereocenters. The molecule has 0 spiro atoms. The number of hydrogen-bond donors (Lipinski definition) is 0. The van der Waals surface area contributed by atoms with E-state index in [0.717, 1.165) is 0 Å². The highest BCUT2D eigenvalue weighted by Crippen LogP contribution is 2.43. The Labute approximate surface area is 211 Å². The molecule has 0 bridgehead atoms. The van der Waals surface area contributed by atoms with Gasteiger partial charge in [-0.2, -0.15) is 5.26 Å². The fraction of sp³-hybridized carbons (Fsp3) is 0.320. The van der Waals surface area contributed by atoms with Crippen LogP contribution in [0.15, 0.2) is 53.4 Å². The van der Waals surface area contributed by atoms with Crippen molar-refractivity contribution in [2.75, 3.05) is 5.75 Å². The molecule has 182 valence electrons. The van der Waals surface area contributed by atoms with Crippen molar-refractivity contribution >= 4 is 47.2 Å². The third-order valence-corrected chi connectivity index (χ3v) is 7.86. The van der Waals surface area contributed by atoms with Gasteiger partial charge in [-0.05, 0) is 24.3 Å². The third-order valence-electron chi connectivity index (χ3n) is 4.93. The third kappa shape index (κ3) is 6.87. The van der Waals surface area contributed by atoms with Crippen LogP contribution in [-0.2, 0) is 28.6 Å². The van der Waals surface area contributed by atoms with Gasteiger partial charge in [-0.1, -0.05) is 24.3 Å². The Bertz CT molecular complexity index is 1180. The average Bonchev–Trinajstić information content (AvgIpc) is 2.81. The molecule has 1 aliphatic heterocycles. The molecule has 4 atom stereocenters. The average molecular weight is 514 g/mol. The number of ketones is 1. The van der Waals surface area contributed by atoms with Crippen LogP contribution in [0.5, 0.6) is 0 Å². The van der Waals surface area contributed by atoms with Crippen molar-refractivity contribution in [2.24, 2.45) is 0 Å². The van der Waals surface area contributed by atoms with Gasteiger partial charge in [0.25, 0.3) is 0 Å². The van der Waals surface area contributed by atoms with E-state index in [-0.39, 0.29) is 5.78 Å². The first-order valence-electron chi connectivity index (χ1n) is 10.6. The quantitative estimate of drug-likeness (QED) is 0.307. The van der Waals surface area contributed by atoms with Crippen molar-refractivity contribution in [2.45, 2.75) is 48.6 Å². The zero-order valence-electron chi connectivity index (χ0n) is 19.3. The van der Waals surface area contributed by atoms with E-state index in [0.29, 0.717) is 27.3 Å². The van der Waals surface area contributed by atoms with Crippen LogP contribution in [0.4, 0.5) is 0 Å².